The van der Waals surface area contributed by atoms with Crippen molar-refractivity contribution < 1.29 is 19.0 Å². The molecule has 1 aromatic heterocycles. The van der Waals surface area contributed by atoms with E-state index in [1.54, 1.807) is 6.92 Å². The van der Waals surface area contributed by atoms with Gasteiger partial charge in [0.25, 0.3) is 5.88 Å². The van der Waals surface area contributed by atoms with Crippen LogP contribution in [0, 0.1) is 13.8 Å². The molecule has 6 nitrogen and oxygen atoms in total. The molecule has 0 bridgehead atoms. The smallest absolute Gasteiger partial charge is 0.436 e. The number of aryl methyl sites for hydroxylation is 2. The number of hydrogen-bond donors (Lipinski definition) is 0. The molecule has 0 fully saturated rings. The molecule has 3 rings (SSSR count). The second-order valence-electron chi connectivity index (χ2n) is 5.89. The fourth-order valence-electron chi connectivity index (χ4n) is 2.38. The van der Waals surface area contributed by atoms with Gasteiger partial charge in [0.2, 0.25) is 5.75 Å². The van der Waals surface area contributed by atoms with E-state index in [9.17, 15) is 4.79 Å². The molecule has 0 saturated heterocycles. The molecule has 0 atom stereocenters. The Hall–Kier alpha value is -3.41. The van der Waals surface area contributed by atoms with Crippen molar-refractivity contribution in [3.05, 3.63) is 65.9 Å². The molecule has 138 valence electrons. The monoisotopic (exact) mass is 364 g/mol. The number of hydrogen-bond acceptors (Lipinski definition) is 6. The first-order valence-electron chi connectivity index (χ1n) is 8.59. The van der Waals surface area contributed by atoms with Gasteiger partial charge in [-0.25, -0.2) is 9.78 Å². The van der Waals surface area contributed by atoms with Gasteiger partial charge in [-0.05, 0) is 38.0 Å². The van der Waals surface area contributed by atoms with Gasteiger partial charge in [-0.15, -0.1) is 0 Å². The van der Waals surface area contributed by atoms with Crippen molar-refractivity contribution in [2.45, 2.75) is 20.8 Å². The minimum absolute atomic E-state index is 0.0917. The SMILES string of the molecule is CCOC(=O)Oc1cnc(-c2ccccc2)nc1Oc1cc(C)ccc1C. The largest absolute Gasteiger partial charge is 0.514 e. The van der Waals surface area contributed by atoms with Crippen molar-refractivity contribution in [1.29, 1.82) is 0 Å². The predicted molar refractivity (Wildman–Crippen MR) is 101 cm³/mol. The maximum Gasteiger partial charge on any atom is 0.514 e. The number of carbonyl (C=O) groups excluding carboxylic acids is 1. The fraction of sp³-hybridized carbons (Fsp3) is 0.190. The first kappa shape index (κ1) is 18.4. The van der Waals surface area contributed by atoms with E-state index in [2.05, 4.69) is 9.97 Å². The van der Waals surface area contributed by atoms with Gasteiger partial charge in [0.05, 0.1) is 12.8 Å². The minimum Gasteiger partial charge on any atom is -0.436 e. The molecule has 0 amide bonds. The topological polar surface area (TPSA) is 70.5 Å². The molecule has 6 heteroatoms. The van der Waals surface area contributed by atoms with Crippen molar-refractivity contribution in [1.82, 2.24) is 9.97 Å². The number of carbonyl (C=O) groups is 1. The van der Waals surface area contributed by atoms with E-state index >= 15 is 0 Å². The predicted octanol–water partition coefficient (Wildman–Crippen LogP) is 5.09. The molecule has 0 aliphatic carbocycles. The highest BCUT2D eigenvalue weighted by molar-refractivity contribution is 5.65. The number of benzene rings is 2. The summed E-state index contributed by atoms with van der Waals surface area (Å²) in [6.45, 7) is 5.80. The molecular weight excluding hydrogens is 344 g/mol. The zero-order valence-corrected chi connectivity index (χ0v) is 15.4. The van der Waals surface area contributed by atoms with E-state index in [0.29, 0.717) is 11.6 Å². The number of ether oxygens (including phenoxy) is 3. The van der Waals surface area contributed by atoms with Crippen molar-refractivity contribution in [3.8, 4) is 28.8 Å². The Morgan fingerprint density at radius 1 is 1.04 bits per heavy atom. The van der Waals surface area contributed by atoms with Crippen LogP contribution in [-0.2, 0) is 4.74 Å². The minimum atomic E-state index is -0.834. The van der Waals surface area contributed by atoms with Crippen LogP contribution < -0.4 is 9.47 Å². The summed E-state index contributed by atoms with van der Waals surface area (Å²) in [7, 11) is 0. The van der Waals surface area contributed by atoms with Crippen molar-refractivity contribution in [2.75, 3.05) is 6.61 Å². The van der Waals surface area contributed by atoms with E-state index in [4.69, 9.17) is 14.2 Å². The third-order valence-electron chi connectivity index (χ3n) is 3.76. The summed E-state index contributed by atoms with van der Waals surface area (Å²) in [6, 6.07) is 15.3. The first-order chi connectivity index (χ1) is 13.1. The van der Waals surface area contributed by atoms with Gasteiger partial charge in [-0.3, -0.25) is 0 Å². The van der Waals surface area contributed by atoms with Gasteiger partial charge < -0.3 is 14.2 Å². The quantitative estimate of drug-likeness (QED) is 0.587. The lowest BCUT2D eigenvalue weighted by atomic mass is 10.1. The van der Waals surface area contributed by atoms with Crippen LogP contribution in [0.1, 0.15) is 18.1 Å². The Bertz CT molecular complexity index is 942. The van der Waals surface area contributed by atoms with E-state index in [1.165, 1.54) is 6.20 Å². The highest BCUT2D eigenvalue weighted by Gasteiger charge is 2.17. The van der Waals surface area contributed by atoms with Gasteiger partial charge in [0.15, 0.2) is 5.82 Å². The summed E-state index contributed by atoms with van der Waals surface area (Å²) in [6.07, 6.45) is 0.576. The maximum atomic E-state index is 11.7. The Kier molecular flexibility index (Phi) is 5.66. The average Bonchev–Trinajstić information content (AvgIpc) is 2.67. The molecule has 0 aliphatic heterocycles. The van der Waals surface area contributed by atoms with Crippen molar-refractivity contribution in [2.24, 2.45) is 0 Å². The standard InChI is InChI=1S/C21H20N2O4/c1-4-25-21(24)27-18-13-22-19(16-8-6-5-7-9-16)23-20(18)26-17-12-14(2)10-11-15(17)3/h5-13H,4H2,1-3H3. The lowest BCUT2D eigenvalue weighted by Crippen LogP contribution is -2.11. The number of nitrogens with zero attached hydrogens (tertiary/aromatic N) is 2. The van der Waals surface area contributed by atoms with Crippen LogP contribution in [0.25, 0.3) is 11.4 Å². The van der Waals surface area contributed by atoms with Crippen LogP contribution in [0.4, 0.5) is 4.79 Å². The fourth-order valence-corrected chi connectivity index (χ4v) is 2.38. The van der Waals surface area contributed by atoms with Gasteiger partial charge >= 0.3 is 6.16 Å². The third kappa shape index (κ3) is 4.61. The Labute approximate surface area is 157 Å². The molecular formula is C21H20N2O4. The summed E-state index contributed by atoms with van der Waals surface area (Å²) >= 11 is 0. The number of aromatic nitrogens is 2. The Balaban J connectivity index is 2.00. The third-order valence-corrected chi connectivity index (χ3v) is 3.76. The second kappa shape index (κ2) is 8.31. The van der Waals surface area contributed by atoms with E-state index in [1.807, 2.05) is 62.4 Å². The van der Waals surface area contributed by atoms with Crippen LogP contribution in [-0.4, -0.2) is 22.7 Å². The molecule has 0 unspecified atom stereocenters. The zero-order valence-electron chi connectivity index (χ0n) is 15.4. The summed E-state index contributed by atoms with van der Waals surface area (Å²) in [4.78, 5) is 20.5. The molecule has 1 heterocycles. The molecule has 0 aliphatic rings. The Morgan fingerprint density at radius 3 is 2.56 bits per heavy atom. The number of rotatable bonds is 5. The summed E-state index contributed by atoms with van der Waals surface area (Å²) < 4.78 is 16.0. The molecule has 2 aromatic carbocycles. The first-order valence-corrected chi connectivity index (χ1v) is 8.59. The van der Waals surface area contributed by atoms with Gasteiger partial charge in [0.1, 0.15) is 5.75 Å². The maximum absolute atomic E-state index is 11.7. The summed E-state index contributed by atoms with van der Waals surface area (Å²) in [5, 5.41) is 0. The zero-order chi connectivity index (χ0) is 19.2. The van der Waals surface area contributed by atoms with Crippen LogP contribution >= 0.6 is 0 Å². The summed E-state index contributed by atoms with van der Waals surface area (Å²) in [5.41, 5.74) is 2.80. The van der Waals surface area contributed by atoms with Crippen molar-refractivity contribution >= 4 is 6.16 Å². The molecule has 0 saturated carbocycles. The van der Waals surface area contributed by atoms with Crippen LogP contribution in [0.5, 0.6) is 17.4 Å². The van der Waals surface area contributed by atoms with Crippen LogP contribution in [0.2, 0.25) is 0 Å². The Morgan fingerprint density at radius 2 is 1.81 bits per heavy atom. The molecule has 27 heavy (non-hydrogen) atoms. The molecule has 0 radical (unpaired) electrons. The van der Waals surface area contributed by atoms with E-state index in [-0.39, 0.29) is 18.2 Å². The normalized spacial score (nSPS) is 10.3. The van der Waals surface area contributed by atoms with Crippen LogP contribution in [0.3, 0.4) is 0 Å². The lowest BCUT2D eigenvalue weighted by molar-refractivity contribution is 0.103. The molecule has 0 N–H and O–H groups in total. The van der Waals surface area contributed by atoms with E-state index in [0.717, 1.165) is 16.7 Å². The lowest BCUT2D eigenvalue weighted by Gasteiger charge is -2.13. The van der Waals surface area contributed by atoms with Gasteiger partial charge in [0, 0.05) is 5.56 Å². The van der Waals surface area contributed by atoms with Crippen molar-refractivity contribution in [3.63, 3.8) is 0 Å². The van der Waals surface area contributed by atoms with Gasteiger partial charge in [-0.2, -0.15) is 4.98 Å². The highest BCUT2D eigenvalue weighted by atomic mass is 16.7. The highest BCUT2D eigenvalue weighted by Crippen LogP contribution is 2.33. The summed E-state index contributed by atoms with van der Waals surface area (Å²) in [5.74, 6) is 1.33. The van der Waals surface area contributed by atoms with Crippen LogP contribution in [0.15, 0.2) is 54.7 Å². The van der Waals surface area contributed by atoms with Gasteiger partial charge in [-0.1, -0.05) is 42.5 Å². The molecule has 3 aromatic rings. The van der Waals surface area contributed by atoms with E-state index < -0.39 is 6.16 Å². The molecule has 0 spiro atoms. The second-order valence-corrected chi connectivity index (χ2v) is 5.89. The average molecular weight is 364 g/mol.